The van der Waals surface area contributed by atoms with E-state index in [1.807, 2.05) is 31.2 Å². The molecular weight excluding hydrogens is 350 g/mol. The Bertz CT molecular complexity index is 992. The number of hydrogen-bond donors (Lipinski definition) is 1. The number of benzene rings is 2. The second kappa shape index (κ2) is 8.72. The second-order valence-electron chi connectivity index (χ2n) is 7.91. The molecule has 1 N–H and O–H groups in total. The molecule has 1 aromatic heterocycles. The summed E-state index contributed by atoms with van der Waals surface area (Å²) in [4.78, 5) is 14.4. The Hall–Kier alpha value is -2.43. The molecule has 3 aromatic rings. The lowest BCUT2D eigenvalue weighted by molar-refractivity contribution is 0.0787. The van der Waals surface area contributed by atoms with Gasteiger partial charge >= 0.3 is 5.63 Å². The number of aliphatic hydroxyl groups excluding tert-OH is 1. The Balaban J connectivity index is 2.04. The molecule has 28 heavy (non-hydrogen) atoms. The van der Waals surface area contributed by atoms with Crippen molar-refractivity contribution in [2.75, 3.05) is 6.61 Å². The van der Waals surface area contributed by atoms with Crippen LogP contribution in [0.5, 0.6) is 0 Å². The lowest BCUT2D eigenvalue weighted by atomic mass is 9.99. The fraction of sp³-hybridized carbons (Fsp3) is 0.375. The monoisotopic (exact) mass is 379 g/mol. The van der Waals surface area contributed by atoms with Crippen molar-refractivity contribution in [1.29, 1.82) is 0 Å². The molecule has 148 valence electrons. The highest BCUT2D eigenvalue weighted by atomic mass is 16.4. The van der Waals surface area contributed by atoms with Crippen LogP contribution in [0.1, 0.15) is 36.1 Å². The summed E-state index contributed by atoms with van der Waals surface area (Å²) >= 11 is 0. The van der Waals surface area contributed by atoms with Crippen molar-refractivity contribution in [1.82, 2.24) is 4.90 Å². The predicted octanol–water partition coefficient (Wildman–Crippen LogP) is 4.43. The second-order valence-corrected chi connectivity index (χ2v) is 7.91. The standard InChI is InChI=1S/C24H29NO3/c1-16(2)22(15-26)25(13-19-8-6-5-7-9-19)14-20-12-24(27)28-23-11-18(4)17(3)10-21(20)23/h5-12,16,22,26H,13-15H2,1-4H3. The zero-order chi connectivity index (χ0) is 20.3. The summed E-state index contributed by atoms with van der Waals surface area (Å²) in [5.74, 6) is 0.282. The van der Waals surface area contributed by atoms with E-state index in [9.17, 15) is 9.90 Å². The highest BCUT2D eigenvalue weighted by Gasteiger charge is 2.23. The molecule has 4 nitrogen and oxygen atoms in total. The van der Waals surface area contributed by atoms with Gasteiger partial charge in [0.2, 0.25) is 0 Å². The van der Waals surface area contributed by atoms with Crippen LogP contribution in [0.25, 0.3) is 11.0 Å². The van der Waals surface area contributed by atoms with Gasteiger partial charge < -0.3 is 9.52 Å². The molecule has 0 bridgehead atoms. The predicted molar refractivity (Wildman–Crippen MR) is 113 cm³/mol. The first kappa shape index (κ1) is 20.3. The highest BCUT2D eigenvalue weighted by Crippen LogP contribution is 2.25. The van der Waals surface area contributed by atoms with E-state index in [-0.39, 0.29) is 24.2 Å². The van der Waals surface area contributed by atoms with Crippen LogP contribution in [-0.4, -0.2) is 22.7 Å². The molecule has 1 atom stereocenters. The zero-order valence-corrected chi connectivity index (χ0v) is 17.1. The van der Waals surface area contributed by atoms with Crippen LogP contribution in [-0.2, 0) is 13.1 Å². The van der Waals surface area contributed by atoms with Crippen LogP contribution in [0, 0.1) is 19.8 Å². The molecule has 1 unspecified atom stereocenters. The van der Waals surface area contributed by atoms with Crippen LogP contribution in [0.2, 0.25) is 0 Å². The van der Waals surface area contributed by atoms with E-state index in [0.29, 0.717) is 18.7 Å². The summed E-state index contributed by atoms with van der Waals surface area (Å²) in [6.07, 6.45) is 0. The number of hydrogen-bond acceptors (Lipinski definition) is 4. The van der Waals surface area contributed by atoms with E-state index in [2.05, 4.69) is 43.9 Å². The van der Waals surface area contributed by atoms with Crippen molar-refractivity contribution >= 4 is 11.0 Å². The Kier molecular flexibility index (Phi) is 6.32. The van der Waals surface area contributed by atoms with E-state index >= 15 is 0 Å². The van der Waals surface area contributed by atoms with E-state index in [1.54, 1.807) is 6.07 Å². The molecule has 0 aliphatic heterocycles. The molecule has 0 radical (unpaired) electrons. The van der Waals surface area contributed by atoms with E-state index < -0.39 is 0 Å². The van der Waals surface area contributed by atoms with Gasteiger partial charge in [-0.1, -0.05) is 44.2 Å². The summed E-state index contributed by atoms with van der Waals surface area (Å²) < 4.78 is 5.45. The third-order valence-electron chi connectivity index (χ3n) is 5.47. The topological polar surface area (TPSA) is 53.7 Å². The fourth-order valence-corrected chi connectivity index (χ4v) is 3.69. The van der Waals surface area contributed by atoms with Crippen molar-refractivity contribution < 1.29 is 9.52 Å². The lowest BCUT2D eigenvalue weighted by Gasteiger charge is -2.33. The van der Waals surface area contributed by atoms with Gasteiger partial charge in [0.05, 0.1) is 6.61 Å². The average Bonchev–Trinajstić information content (AvgIpc) is 2.64. The van der Waals surface area contributed by atoms with Crippen LogP contribution >= 0.6 is 0 Å². The third kappa shape index (κ3) is 4.51. The number of aliphatic hydroxyl groups is 1. The van der Waals surface area contributed by atoms with Crippen LogP contribution in [0.4, 0.5) is 0 Å². The van der Waals surface area contributed by atoms with Crippen molar-refractivity contribution in [3.63, 3.8) is 0 Å². The molecule has 0 saturated heterocycles. The Labute approximate surface area is 166 Å². The molecule has 4 heteroatoms. The van der Waals surface area contributed by atoms with Crippen molar-refractivity contribution in [2.24, 2.45) is 5.92 Å². The van der Waals surface area contributed by atoms with Gasteiger partial charge in [-0.05, 0) is 54.2 Å². The molecule has 0 aliphatic rings. The third-order valence-corrected chi connectivity index (χ3v) is 5.47. The molecule has 0 fully saturated rings. The minimum Gasteiger partial charge on any atom is -0.423 e. The van der Waals surface area contributed by atoms with Gasteiger partial charge in [-0.2, -0.15) is 0 Å². The maximum absolute atomic E-state index is 12.2. The Morgan fingerprint density at radius 1 is 1.00 bits per heavy atom. The first-order chi connectivity index (χ1) is 13.4. The molecule has 1 heterocycles. The normalized spacial score (nSPS) is 12.8. The fourth-order valence-electron chi connectivity index (χ4n) is 3.69. The largest absolute Gasteiger partial charge is 0.423 e. The molecule has 0 amide bonds. The lowest BCUT2D eigenvalue weighted by Crippen LogP contribution is -2.40. The molecule has 3 rings (SSSR count). The summed E-state index contributed by atoms with van der Waals surface area (Å²) in [7, 11) is 0. The summed E-state index contributed by atoms with van der Waals surface area (Å²) in [6, 6.07) is 15.8. The Morgan fingerprint density at radius 2 is 1.68 bits per heavy atom. The first-order valence-electron chi connectivity index (χ1n) is 9.82. The van der Waals surface area contributed by atoms with E-state index in [0.717, 1.165) is 16.5 Å². The first-order valence-corrected chi connectivity index (χ1v) is 9.82. The minimum absolute atomic E-state index is 0.00551. The molecule has 0 spiro atoms. The van der Waals surface area contributed by atoms with Gasteiger partial charge in [-0.25, -0.2) is 4.79 Å². The maximum atomic E-state index is 12.2. The van der Waals surface area contributed by atoms with Crippen LogP contribution < -0.4 is 5.63 Å². The van der Waals surface area contributed by atoms with Gasteiger partial charge in [0, 0.05) is 30.6 Å². The number of rotatable bonds is 7. The molecule has 0 aliphatic carbocycles. The smallest absolute Gasteiger partial charge is 0.336 e. The van der Waals surface area contributed by atoms with Crippen molar-refractivity contribution in [2.45, 2.75) is 46.8 Å². The maximum Gasteiger partial charge on any atom is 0.336 e. The quantitative estimate of drug-likeness (QED) is 0.617. The Morgan fingerprint density at radius 3 is 2.32 bits per heavy atom. The zero-order valence-electron chi connectivity index (χ0n) is 17.1. The molecule has 0 saturated carbocycles. The van der Waals surface area contributed by atoms with E-state index in [1.165, 1.54) is 11.1 Å². The summed E-state index contributed by atoms with van der Waals surface area (Å²) in [6.45, 7) is 9.66. The summed E-state index contributed by atoms with van der Waals surface area (Å²) in [5, 5.41) is 11.0. The van der Waals surface area contributed by atoms with Gasteiger partial charge in [0.1, 0.15) is 5.58 Å². The van der Waals surface area contributed by atoms with Gasteiger partial charge in [0.15, 0.2) is 0 Å². The number of aryl methyl sites for hydroxylation is 2. The SMILES string of the molecule is Cc1cc2oc(=O)cc(CN(Cc3ccccc3)C(CO)C(C)C)c2cc1C. The number of nitrogens with zero attached hydrogens (tertiary/aromatic N) is 1. The van der Waals surface area contributed by atoms with Crippen LogP contribution in [0.15, 0.2) is 57.7 Å². The van der Waals surface area contributed by atoms with Crippen molar-refractivity contribution in [3.05, 3.63) is 81.2 Å². The van der Waals surface area contributed by atoms with E-state index in [4.69, 9.17) is 4.42 Å². The molecular formula is C24H29NO3. The van der Waals surface area contributed by atoms with Crippen LogP contribution in [0.3, 0.4) is 0 Å². The van der Waals surface area contributed by atoms with Gasteiger partial charge in [0.25, 0.3) is 0 Å². The highest BCUT2D eigenvalue weighted by molar-refractivity contribution is 5.81. The minimum atomic E-state index is -0.337. The number of fused-ring (bicyclic) bond motifs is 1. The summed E-state index contributed by atoms with van der Waals surface area (Å²) in [5.41, 5.74) is 4.67. The van der Waals surface area contributed by atoms with Gasteiger partial charge in [-0.3, -0.25) is 4.90 Å². The van der Waals surface area contributed by atoms with Crippen molar-refractivity contribution in [3.8, 4) is 0 Å². The van der Waals surface area contributed by atoms with Gasteiger partial charge in [-0.15, -0.1) is 0 Å². The average molecular weight is 380 g/mol. The molecule has 2 aromatic carbocycles.